The highest BCUT2D eigenvalue weighted by molar-refractivity contribution is 8.14. The van der Waals surface area contributed by atoms with Crippen LogP contribution in [-0.4, -0.2) is 74.9 Å². The molecule has 0 aromatic rings. The van der Waals surface area contributed by atoms with E-state index in [2.05, 4.69) is 16.0 Å². The number of hydrogen-bond acceptors (Lipinski definition) is 10. The molecule has 5 atom stereocenters. The zero-order valence-corrected chi connectivity index (χ0v) is 13.6. The molecule has 1 saturated heterocycles. The molecule has 0 radical (unpaired) electrons. The van der Waals surface area contributed by atoms with Crippen molar-refractivity contribution in [2.45, 2.75) is 42.7 Å². The van der Waals surface area contributed by atoms with Crippen LogP contribution in [0.2, 0.25) is 0 Å². The van der Waals surface area contributed by atoms with Gasteiger partial charge in [0.15, 0.2) is 0 Å². The number of hydrogen-bond donors (Lipinski definition) is 5. The zero-order valence-electron chi connectivity index (χ0n) is 11.9. The second-order valence-corrected chi connectivity index (χ2v) is 6.81. The lowest BCUT2D eigenvalue weighted by Gasteiger charge is -2.39. The van der Waals surface area contributed by atoms with Crippen LogP contribution in [0, 0.1) is 0 Å². The summed E-state index contributed by atoms with van der Waals surface area (Å²) in [6, 6.07) is 0. The van der Waals surface area contributed by atoms with Crippen LogP contribution in [0.1, 0.15) is 12.8 Å². The normalized spacial score (nSPS) is 32.6. The molecule has 0 unspecified atom stereocenters. The Kier molecular flexibility index (Phi) is 7.89. The molecular weight excluding hydrogens is 354 g/mol. The number of nitrogens with zero attached hydrogens (tertiary/aromatic N) is 1. The van der Waals surface area contributed by atoms with Crippen LogP contribution in [-0.2, 0) is 19.4 Å². The van der Waals surface area contributed by atoms with Gasteiger partial charge in [-0.25, -0.2) is 4.28 Å². The minimum atomic E-state index is -4.79. The van der Waals surface area contributed by atoms with Gasteiger partial charge in [-0.2, -0.15) is 8.42 Å². The maximum atomic E-state index is 10.6. The summed E-state index contributed by atoms with van der Waals surface area (Å²) in [5.74, 6) is 0. The van der Waals surface area contributed by atoms with Gasteiger partial charge in [-0.3, -0.25) is 4.55 Å². The summed E-state index contributed by atoms with van der Waals surface area (Å²) in [6.45, 7) is 2.90. The standard InChI is InChI=1S/C11H19NO9S2/c1-2-3-4-7(12-21-23(17,18)19)22-11-10(16)9(15)8(14)6(5-13)20-11/h2,6,8-11,13-16H,1,3-5H2,(H,17,18,19)/t6-,8-,9+,10-,11+/m1/s1. The molecule has 5 N–H and O–H groups in total. The smallest absolute Gasteiger partial charge is 0.394 e. The lowest BCUT2D eigenvalue weighted by Crippen LogP contribution is -2.57. The van der Waals surface area contributed by atoms with Gasteiger partial charge in [-0.1, -0.05) is 23.0 Å². The largest absolute Gasteiger partial charge is 0.466 e. The van der Waals surface area contributed by atoms with Crippen LogP contribution in [0.3, 0.4) is 0 Å². The summed E-state index contributed by atoms with van der Waals surface area (Å²) in [7, 11) is -4.79. The number of ether oxygens (including phenoxy) is 1. The fourth-order valence-corrected chi connectivity index (χ4v) is 3.05. The number of allylic oxidation sites excluding steroid dienone is 1. The minimum Gasteiger partial charge on any atom is -0.394 e. The van der Waals surface area contributed by atoms with E-state index in [4.69, 9.17) is 14.4 Å². The van der Waals surface area contributed by atoms with Gasteiger partial charge >= 0.3 is 10.4 Å². The first-order valence-corrected chi connectivity index (χ1v) is 8.75. The van der Waals surface area contributed by atoms with Crippen LogP contribution in [0.4, 0.5) is 0 Å². The summed E-state index contributed by atoms with van der Waals surface area (Å²) < 4.78 is 38.9. The van der Waals surface area contributed by atoms with Crippen molar-refractivity contribution in [3.8, 4) is 0 Å². The second kappa shape index (κ2) is 8.94. The molecule has 0 aromatic heterocycles. The van der Waals surface area contributed by atoms with Crippen molar-refractivity contribution >= 4 is 27.2 Å². The van der Waals surface area contributed by atoms with Crippen LogP contribution >= 0.6 is 11.8 Å². The molecule has 0 spiro atoms. The average Bonchev–Trinajstić information content (AvgIpc) is 2.49. The first-order chi connectivity index (χ1) is 10.7. The van der Waals surface area contributed by atoms with Crippen molar-refractivity contribution in [3.05, 3.63) is 12.7 Å². The van der Waals surface area contributed by atoms with E-state index >= 15 is 0 Å². The van der Waals surface area contributed by atoms with Crippen molar-refractivity contribution in [2.75, 3.05) is 6.61 Å². The molecule has 0 bridgehead atoms. The first-order valence-electron chi connectivity index (χ1n) is 6.50. The summed E-state index contributed by atoms with van der Waals surface area (Å²) in [5.41, 5.74) is -1.14. The van der Waals surface area contributed by atoms with Crippen LogP contribution in [0.15, 0.2) is 17.8 Å². The summed E-state index contributed by atoms with van der Waals surface area (Å²) in [4.78, 5) is 0. The number of oxime groups is 1. The molecule has 1 fully saturated rings. The lowest BCUT2D eigenvalue weighted by atomic mass is 10.0. The topological polar surface area (TPSA) is 166 Å². The van der Waals surface area contributed by atoms with Gasteiger partial charge in [0.1, 0.15) is 34.9 Å². The predicted molar refractivity (Wildman–Crippen MR) is 80.9 cm³/mol. The SMILES string of the molecule is C=CCCC(=NOS(=O)(=O)O)S[C@@H]1O[C@H](CO)[C@@H](O)[C@H](O)[C@H]1O. The number of aliphatic hydroxyl groups excluding tert-OH is 4. The molecule has 1 aliphatic heterocycles. The molecule has 1 aliphatic rings. The Balaban J connectivity index is 2.86. The average molecular weight is 373 g/mol. The molecular formula is C11H19NO9S2. The van der Waals surface area contributed by atoms with Crippen molar-refractivity contribution < 1.29 is 42.4 Å². The van der Waals surface area contributed by atoms with E-state index in [1.807, 2.05) is 0 Å². The Bertz CT molecular complexity index is 522. The van der Waals surface area contributed by atoms with Crippen molar-refractivity contribution in [1.29, 1.82) is 0 Å². The van der Waals surface area contributed by atoms with Crippen molar-refractivity contribution in [1.82, 2.24) is 0 Å². The summed E-state index contributed by atoms with van der Waals surface area (Å²) in [5, 5.41) is 41.7. The zero-order chi connectivity index (χ0) is 17.6. The maximum absolute atomic E-state index is 10.6. The quantitative estimate of drug-likeness (QED) is 0.118. The minimum absolute atomic E-state index is 0.0341. The highest BCUT2D eigenvalue weighted by Gasteiger charge is 2.44. The highest BCUT2D eigenvalue weighted by atomic mass is 32.3. The van der Waals surface area contributed by atoms with Gasteiger partial charge in [0.2, 0.25) is 0 Å². The highest BCUT2D eigenvalue weighted by Crippen LogP contribution is 2.30. The molecule has 0 saturated carbocycles. The van der Waals surface area contributed by atoms with E-state index in [1.165, 1.54) is 6.08 Å². The molecule has 0 aliphatic carbocycles. The second-order valence-electron chi connectivity index (χ2n) is 4.63. The van der Waals surface area contributed by atoms with Crippen LogP contribution in [0.5, 0.6) is 0 Å². The van der Waals surface area contributed by atoms with E-state index in [1.54, 1.807) is 0 Å². The molecule has 1 heterocycles. The number of thioether (sulfide) groups is 1. The van der Waals surface area contributed by atoms with Gasteiger partial charge in [0.25, 0.3) is 0 Å². The molecule has 10 nitrogen and oxygen atoms in total. The molecule has 23 heavy (non-hydrogen) atoms. The van der Waals surface area contributed by atoms with E-state index < -0.39 is 46.9 Å². The number of rotatable bonds is 7. The van der Waals surface area contributed by atoms with Gasteiger partial charge in [-0.15, -0.1) is 6.58 Å². The van der Waals surface area contributed by atoms with Gasteiger partial charge in [0.05, 0.1) is 6.61 Å². The van der Waals surface area contributed by atoms with Crippen LogP contribution in [0.25, 0.3) is 0 Å². The first kappa shape index (κ1) is 20.3. The van der Waals surface area contributed by atoms with Crippen molar-refractivity contribution in [3.63, 3.8) is 0 Å². The van der Waals surface area contributed by atoms with Crippen molar-refractivity contribution in [2.24, 2.45) is 5.16 Å². The van der Waals surface area contributed by atoms with Gasteiger partial charge in [-0.05, 0) is 6.42 Å². The molecule has 0 amide bonds. The van der Waals surface area contributed by atoms with E-state index in [9.17, 15) is 23.7 Å². The Morgan fingerprint density at radius 1 is 1.30 bits per heavy atom. The lowest BCUT2D eigenvalue weighted by molar-refractivity contribution is -0.205. The predicted octanol–water partition coefficient (Wildman–Crippen LogP) is -1.38. The van der Waals surface area contributed by atoms with E-state index in [0.29, 0.717) is 6.42 Å². The maximum Gasteiger partial charge on any atom is 0.466 e. The van der Waals surface area contributed by atoms with Gasteiger partial charge in [0, 0.05) is 6.42 Å². The number of aliphatic hydroxyl groups is 4. The molecule has 0 aromatic carbocycles. The third-order valence-corrected chi connectivity index (χ3v) is 4.33. The molecule has 134 valence electrons. The van der Waals surface area contributed by atoms with E-state index in [-0.39, 0.29) is 11.5 Å². The summed E-state index contributed by atoms with van der Waals surface area (Å²) >= 11 is 0.727. The third-order valence-electron chi connectivity index (χ3n) is 2.90. The fourth-order valence-electron chi connectivity index (χ4n) is 1.74. The monoisotopic (exact) mass is 373 g/mol. The Morgan fingerprint density at radius 2 is 1.96 bits per heavy atom. The molecule has 1 rings (SSSR count). The van der Waals surface area contributed by atoms with Crippen LogP contribution < -0.4 is 0 Å². The Labute approximate surface area is 137 Å². The van der Waals surface area contributed by atoms with E-state index in [0.717, 1.165) is 11.8 Å². The fraction of sp³-hybridized carbons (Fsp3) is 0.727. The Hall–Kier alpha value is -0.730. The summed E-state index contributed by atoms with van der Waals surface area (Å²) in [6.07, 6.45) is -3.62. The Morgan fingerprint density at radius 3 is 2.48 bits per heavy atom. The van der Waals surface area contributed by atoms with Gasteiger partial charge < -0.3 is 25.2 Å². The molecule has 12 heteroatoms. The third kappa shape index (κ3) is 6.35.